The smallest absolute Gasteiger partial charge is 0.136 e. The minimum absolute atomic E-state index is 0.0358. The van der Waals surface area contributed by atoms with Gasteiger partial charge in [-0.2, -0.15) is 0 Å². The Labute approximate surface area is 281 Å². The van der Waals surface area contributed by atoms with Crippen LogP contribution in [0.15, 0.2) is 174 Å². The molecule has 1 heteroatoms. The molecule has 0 aliphatic carbocycles. The van der Waals surface area contributed by atoms with Crippen molar-refractivity contribution in [3.05, 3.63) is 170 Å². The van der Waals surface area contributed by atoms with Crippen molar-refractivity contribution in [3.63, 3.8) is 0 Å². The minimum Gasteiger partial charge on any atom is -0.456 e. The van der Waals surface area contributed by atoms with Crippen LogP contribution in [0.4, 0.5) is 0 Å². The van der Waals surface area contributed by atoms with Crippen LogP contribution in [0.2, 0.25) is 0 Å². The lowest BCUT2D eigenvalue weighted by molar-refractivity contribution is 0.669. The number of hydrogen-bond donors (Lipinski definition) is 0. The molecule has 1 heterocycles. The highest BCUT2D eigenvalue weighted by Crippen LogP contribution is 2.46. The highest BCUT2D eigenvalue weighted by atomic mass is 16.3. The van der Waals surface area contributed by atoms with Crippen LogP contribution in [0.25, 0.3) is 88.0 Å². The molecule has 9 rings (SSSR count). The number of furan rings is 1. The molecule has 210 valence electrons. The molecule has 0 spiro atoms. The zero-order valence-electron chi connectivity index (χ0n) is 37.5. The average molecular weight is 587 g/mol. The Bertz CT molecular complexity index is 3220. The highest BCUT2D eigenvalue weighted by molar-refractivity contribution is 6.22. The van der Waals surface area contributed by atoms with Crippen LogP contribution in [0.5, 0.6) is 0 Å². The third-order valence-corrected chi connectivity index (χ3v) is 8.11. The molecule has 0 bridgehead atoms. The van der Waals surface area contributed by atoms with Gasteiger partial charge in [0.2, 0.25) is 0 Å². The summed E-state index contributed by atoms with van der Waals surface area (Å²) in [4.78, 5) is 0. The van der Waals surface area contributed by atoms with Gasteiger partial charge in [-0.3, -0.25) is 0 Å². The minimum atomic E-state index is -0.647. The van der Waals surface area contributed by atoms with Crippen LogP contribution in [-0.4, -0.2) is 0 Å². The Hall–Kier alpha value is -5.92. The zero-order valence-corrected chi connectivity index (χ0v) is 23.5. The highest BCUT2D eigenvalue weighted by Gasteiger charge is 2.19. The summed E-state index contributed by atoms with van der Waals surface area (Å²) in [6.45, 7) is 0. The molecule has 0 aliphatic heterocycles. The van der Waals surface area contributed by atoms with E-state index in [0.29, 0.717) is 54.6 Å². The van der Waals surface area contributed by atoms with Crippen molar-refractivity contribution in [1.29, 1.82) is 0 Å². The summed E-state index contributed by atoms with van der Waals surface area (Å²) in [6, 6.07) is 18.2. The summed E-state index contributed by atoms with van der Waals surface area (Å²) >= 11 is 0. The van der Waals surface area contributed by atoms with Crippen LogP contribution in [0.3, 0.4) is 0 Å². The molecule has 1 aromatic heterocycles. The quantitative estimate of drug-likeness (QED) is 0.187. The van der Waals surface area contributed by atoms with Gasteiger partial charge >= 0.3 is 0 Å². The maximum atomic E-state index is 9.53. The topological polar surface area (TPSA) is 13.1 Å². The number of hydrogen-bond acceptors (Lipinski definition) is 1. The first-order valence-corrected chi connectivity index (χ1v) is 14.3. The Morgan fingerprint density at radius 2 is 0.978 bits per heavy atom. The Morgan fingerprint density at radius 3 is 1.64 bits per heavy atom. The third kappa shape index (κ3) is 4.17. The van der Waals surface area contributed by atoms with Crippen LogP contribution in [0, 0.1) is 0 Å². The van der Waals surface area contributed by atoms with Gasteiger partial charge in [0.15, 0.2) is 0 Å². The van der Waals surface area contributed by atoms with Crippen molar-refractivity contribution < 1.29 is 23.6 Å². The Balaban J connectivity index is 1.37. The van der Waals surface area contributed by atoms with Gasteiger partial charge in [0.1, 0.15) is 11.2 Å². The van der Waals surface area contributed by atoms with Crippen molar-refractivity contribution in [3.8, 4) is 44.5 Å². The average Bonchev–Trinajstić information content (AvgIpc) is 3.62. The van der Waals surface area contributed by atoms with Gasteiger partial charge in [-0.15, -0.1) is 0 Å². The molecular weight excluding hydrogens is 544 g/mol. The van der Waals surface area contributed by atoms with Crippen molar-refractivity contribution in [2.45, 2.75) is 0 Å². The first-order chi connectivity index (χ1) is 28.1. The van der Waals surface area contributed by atoms with Crippen LogP contribution in [-0.2, 0) is 0 Å². The molecule has 9 aromatic rings. The summed E-state index contributed by atoms with van der Waals surface area (Å²) in [5, 5.41) is 3.76. The molecular formula is C44H28O. The Kier molecular flexibility index (Phi) is 3.50. The van der Waals surface area contributed by atoms with E-state index in [4.69, 9.17) is 20.9 Å². The van der Waals surface area contributed by atoms with Crippen molar-refractivity contribution in [1.82, 2.24) is 0 Å². The van der Waals surface area contributed by atoms with E-state index in [0.717, 1.165) is 11.1 Å². The first-order valence-electron chi connectivity index (χ1n) is 21.3. The van der Waals surface area contributed by atoms with E-state index in [9.17, 15) is 2.74 Å². The Morgan fingerprint density at radius 1 is 0.400 bits per heavy atom. The van der Waals surface area contributed by atoms with E-state index in [1.165, 1.54) is 0 Å². The molecule has 0 radical (unpaired) electrons. The maximum Gasteiger partial charge on any atom is 0.136 e. The largest absolute Gasteiger partial charge is 0.456 e. The SMILES string of the molecule is [2H]c1c([2H])c([2H])c(-c2c([2H])c([2H])c([2H])c(-c3c4ccccc4c(-c4ccc5oc6cccc(-c7c([2H])c([2H])c([2H])c([2H])c7[2H])c6c5c4)c4ccccc34)c2[2H])c([2H])c1[2H]. The maximum absolute atomic E-state index is 9.53. The van der Waals surface area contributed by atoms with Gasteiger partial charge in [0, 0.05) is 10.8 Å². The molecule has 0 saturated heterocycles. The van der Waals surface area contributed by atoms with Crippen molar-refractivity contribution >= 4 is 43.5 Å². The van der Waals surface area contributed by atoms with Crippen LogP contribution >= 0.6 is 0 Å². The van der Waals surface area contributed by atoms with Crippen LogP contribution < -0.4 is 0 Å². The van der Waals surface area contributed by atoms with E-state index in [2.05, 4.69) is 0 Å². The molecule has 0 saturated carbocycles. The summed E-state index contributed by atoms with van der Waals surface area (Å²) in [5.41, 5.74) is 2.53. The number of rotatable bonds is 4. The van der Waals surface area contributed by atoms with Crippen LogP contribution in [0.1, 0.15) is 19.2 Å². The monoisotopic (exact) mass is 586 g/mol. The predicted molar refractivity (Wildman–Crippen MR) is 190 cm³/mol. The summed E-state index contributed by atoms with van der Waals surface area (Å²) in [7, 11) is 0. The van der Waals surface area contributed by atoms with Gasteiger partial charge in [0.05, 0.1) is 19.2 Å². The normalized spacial score (nSPS) is 15.9. The van der Waals surface area contributed by atoms with Gasteiger partial charge in [0.25, 0.3) is 0 Å². The molecule has 0 aliphatic rings. The van der Waals surface area contributed by atoms with E-state index in [1.807, 2.05) is 54.6 Å². The fourth-order valence-electron chi connectivity index (χ4n) is 6.25. The zero-order chi connectivity index (χ0) is 41.9. The van der Waals surface area contributed by atoms with E-state index < -0.39 is 78.1 Å². The molecule has 0 N–H and O–H groups in total. The molecule has 0 fully saturated rings. The summed E-state index contributed by atoms with van der Waals surface area (Å²) < 4.78 is 127. The standard InChI is InChI=1S/C44H28O/c1-3-13-29(14-4-1)31-17-11-18-32(27-31)42-35-19-7-9-21-37(35)43(38-22-10-8-20-36(38)42)33-25-26-40-39(28-33)44-34(23-12-24-41(44)45-40)30-15-5-2-6-16-30/h1-28H/i1D,2D,3D,4D,5D,6D,11D,13D,14D,15D,16D,17D,18D,27D. The van der Waals surface area contributed by atoms with Gasteiger partial charge in [-0.05, 0) is 90.3 Å². The van der Waals surface area contributed by atoms with Gasteiger partial charge in [-0.1, -0.05) is 145 Å². The van der Waals surface area contributed by atoms with E-state index >= 15 is 0 Å². The summed E-state index contributed by atoms with van der Waals surface area (Å²) in [5.74, 6) is 0. The second-order valence-corrected chi connectivity index (χ2v) is 10.6. The third-order valence-electron chi connectivity index (χ3n) is 8.11. The first kappa shape index (κ1) is 15.2. The lowest BCUT2D eigenvalue weighted by Crippen LogP contribution is -1.91. The number of benzene rings is 8. The molecule has 1 nitrogen and oxygen atoms in total. The van der Waals surface area contributed by atoms with Crippen molar-refractivity contribution in [2.24, 2.45) is 0 Å². The second kappa shape index (κ2) is 10.4. The number of fused-ring (bicyclic) bond motifs is 5. The van der Waals surface area contributed by atoms with Crippen molar-refractivity contribution in [2.75, 3.05) is 0 Å². The van der Waals surface area contributed by atoms with Gasteiger partial charge in [-0.25, -0.2) is 0 Å². The molecule has 0 atom stereocenters. The lowest BCUT2D eigenvalue weighted by Gasteiger charge is -2.18. The predicted octanol–water partition coefficient (Wildman–Crippen LogP) is 12.6. The lowest BCUT2D eigenvalue weighted by atomic mass is 9.85. The summed E-state index contributed by atoms with van der Waals surface area (Å²) in [6.07, 6.45) is 0. The fourth-order valence-corrected chi connectivity index (χ4v) is 6.25. The van der Waals surface area contributed by atoms with Gasteiger partial charge < -0.3 is 4.42 Å². The molecule has 0 unspecified atom stereocenters. The molecule has 0 amide bonds. The second-order valence-electron chi connectivity index (χ2n) is 10.6. The molecule has 8 aromatic carbocycles. The fraction of sp³-hybridized carbons (Fsp3) is 0. The molecule has 45 heavy (non-hydrogen) atoms. The van der Waals surface area contributed by atoms with E-state index in [-0.39, 0.29) is 28.8 Å². The van der Waals surface area contributed by atoms with E-state index in [1.54, 1.807) is 30.3 Å².